The number of fused-ring (bicyclic) bond motifs is 3. The Labute approximate surface area is 229 Å². The first kappa shape index (κ1) is 26.6. The number of benzene rings is 3. The summed E-state index contributed by atoms with van der Waals surface area (Å²) in [6, 6.07) is 17.6. The van der Waals surface area contributed by atoms with Gasteiger partial charge in [-0.05, 0) is 38.0 Å². The third-order valence-electron chi connectivity index (χ3n) is 6.59. The molecule has 0 aliphatic carbocycles. The standard InChI is InChI=1S/C17H14O4.C15H14O4/c1-19-13-10-6-9-12-14(18)17(20-2)15(21-16(12)13)11-7-4-3-5-8-11;1-8-3-4-10-12(18-7-8)6-13-14(15(10)17)11(16)5-9(2)19-13/h3-10H,1-2H3;3,5-6,17H,4,7H2,1-2H3. The molecule has 204 valence electrons. The Kier molecular flexibility index (Phi) is 7.33. The number of para-hydroxylation sites is 1. The van der Waals surface area contributed by atoms with Gasteiger partial charge >= 0.3 is 0 Å². The zero-order chi connectivity index (χ0) is 28.4. The maximum atomic E-state index is 12.6. The van der Waals surface area contributed by atoms with Crippen molar-refractivity contribution in [3.63, 3.8) is 0 Å². The summed E-state index contributed by atoms with van der Waals surface area (Å²) in [5, 5.41) is 11.0. The van der Waals surface area contributed by atoms with Gasteiger partial charge in [-0.25, -0.2) is 0 Å². The van der Waals surface area contributed by atoms with Gasteiger partial charge in [-0.3, -0.25) is 9.59 Å². The maximum absolute atomic E-state index is 12.6. The Bertz CT molecular complexity index is 1860. The van der Waals surface area contributed by atoms with E-state index in [1.165, 1.54) is 13.2 Å². The molecule has 6 rings (SSSR count). The van der Waals surface area contributed by atoms with Gasteiger partial charge in [0.1, 0.15) is 34.8 Å². The molecule has 1 N–H and O–H groups in total. The topological polar surface area (TPSA) is 108 Å². The Morgan fingerprint density at radius 1 is 0.900 bits per heavy atom. The second-order valence-electron chi connectivity index (χ2n) is 9.34. The van der Waals surface area contributed by atoms with Crippen molar-refractivity contribution in [3.8, 4) is 34.3 Å². The van der Waals surface area contributed by atoms with Crippen LogP contribution in [0.15, 0.2) is 90.7 Å². The van der Waals surface area contributed by atoms with E-state index in [0.29, 0.717) is 58.2 Å². The van der Waals surface area contributed by atoms with Gasteiger partial charge in [0.2, 0.25) is 11.2 Å². The largest absolute Gasteiger partial charge is 0.507 e. The highest BCUT2D eigenvalue weighted by Gasteiger charge is 2.20. The zero-order valence-corrected chi connectivity index (χ0v) is 22.6. The van der Waals surface area contributed by atoms with Crippen LogP contribution >= 0.6 is 0 Å². The van der Waals surface area contributed by atoms with Gasteiger partial charge in [0.15, 0.2) is 22.5 Å². The normalized spacial score (nSPS) is 12.4. The molecular formula is C32H28O8. The van der Waals surface area contributed by atoms with Crippen molar-refractivity contribution < 1.29 is 28.2 Å². The van der Waals surface area contributed by atoms with Crippen LogP contribution < -0.4 is 25.1 Å². The molecule has 0 amide bonds. The van der Waals surface area contributed by atoms with Gasteiger partial charge in [0.25, 0.3) is 0 Å². The molecule has 0 atom stereocenters. The van der Waals surface area contributed by atoms with E-state index < -0.39 is 0 Å². The molecule has 5 aromatic rings. The quantitative estimate of drug-likeness (QED) is 0.271. The monoisotopic (exact) mass is 540 g/mol. The molecular weight excluding hydrogens is 512 g/mol. The molecule has 0 fully saturated rings. The first-order valence-electron chi connectivity index (χ1n) is 12.6. The lowest BCUT2D eigenvalue weighted by molar-refractivity contribution is 0.349. The van der Waals surface area contributed by atoms with Crippen LogP contribution in [0.3, 0.4) is 0 Å². The van der Waals surface area contributed by atoms with E-state index in [1.54, 1.807) is 38.3 Å². The number of allylic oxidation sites excluding steroid dienone is 1. The SMILES string of the molecule is CC1=CCc2c(cc3oc(C)cc(=O)c3c2O)OC1.COc1c(-c2ccccc2)oc2c(OC)cccc2c1=O. The number of aromatic hydroxyl groups is 1. The minimum absolute atomic E-state index is 0.0350. The van der Waals surface area contributed by atoms with Crippen molar-refractivity contribution in [1.29, 1.82) is 0 Å². The van der Waals surface area contributed by atoms with Crippen molar-refractivity contribution >= 4 is 21.9 Å². The highest BCUT2D eigenvalue weighted by Crippen LogP contribution is 2.37. The number of methoxy groups -OCH3 is 2. The molecule has 1 aliphatic rings. The van der Waals surface area contributed by atoms with Crippen molar-refractivity contribution in [2.24, 2.45) is 0 Å². The number of aryl methyl sites for hydroxylation is 1. The molecule has 1 aliphatic heterocycles. The summed E-state index contributed by atoms with van der Waals surface area (Å²) >= 11 is 0. The van der Waals surface area contributed by atoms with E-state index in [-0.39, 0.29) is 27.7 Å². The molecule has 3 heterocycles. The highest BCUT2D eigenvalue weighted by molar-refractivity contribution is 5.87. The predicted molar refractivity (Wildman–Crippen MR) is 153 cm³/mol. The van der Waals surface area contributed by atoms with Crippen LogP contribution in [0.2, 0.25) is 0 Å². The Morgan fingerprint density at radius 2 is 1.68 bits per heavy atom. The molecule has 3 aromatic carbocycles. The van der Waals surface area contributed by atoms with Crippen molar-refractivity contribution in [2.45, 2.75) is 20.3 Å². The molecule has 0 spiro atoms. The van der Waals surface area contributed by atoms with Crippen molar-refractivity contribution in [3.05, 3.63) is 104 Å². The van der Waals surface area contributed by atoms with E-state index in [0.717, 1.165) is 11.1 Å². The second-order valence-corrected chi connectivity index (χ2v) is 9.34. The average Bonchev–Trinajstić information content (AvgIpc) is 3.14. The summed E-state index contributed by atoms with van der Waals surface area (Å²) in [7, 11) is 3.01. The third kappa shape index (κ3) is 4.91. The Balaban J connectivity index is 0.000000162. The first-order valence-corrected chi connectivity index (χ1v) is 12.6. The van der Waals surface area contributed by atoms with Crippen LogP contribution in [-0.2, 0) is 6.42 Å². The van der Waals surface area contributed by atoms with E-state index in [4.69, 9.17) is 23.0 Å². The fourth-order valence-corrected chi connectivity index (χ4v) is 4.59. The molecule has 0 saturated heterocycles. The fourth-order valence-electron chi connectivity index (χ4n) is 4.59. The van der Waals surface area contributed by atoms with Gasteiger partial charge in [-0.2, -0.15) is 0 Å². The third-order valence-corrected chi connectivity index (χ3v) is 6.59. The van der Waals surface area contributed by atoms with Crippen LogP contribution in [0.4, 0.5) is 0 Å². The van der Waals surface area contributed by atoms with Gasteiger partial charge in [-0.1, -0.05) is 42.5 Å². The second kappa shape index (κ2) is 11.0. The van der Waals surface area contributed by atoms with Crippen LogP contribution in [-0.4, -0.2) is 25.9 Å². The van der Waals surface area contributed by atoms with Crippen LogP contribution in [0.1, 0.15) is 18.2 Å². The number of ether oxygens (including phenoxy) is 3. The van der Waals surface area contributed by atoms with E-state index >= 15 is 0 Å². The number of phenolic OH excluding ortho intramolecular Hbond substituents is 1. The number of rotatable bonds is 3. The predicted octanol–water partition coefficient (Wildman–Crippen LogP) is 6.17. The van der Waals surface area contributed by atoms with Crippen LogP contribution in [0.25, 0.3) is 33.3 Å². The highest BCUT2D eigenvalue weighted by atomic mass is 16.5. The number of hydrogen-bond donors (Lipinski definition) is 1. The van der Waals surface area contributed by atoms with E-state index in [1.807, 2.05) is 43.3 Å². The molecule has 8 nitrogen and oxygen atoms in total. The molecule has 0 bridgehead atoms. The van der Waals surface area contributed by atoms with Crippen LogP contribution in [0.5, 0.6) is 23.0 Å². The molecule has 0 unspecified atom stereocenters. The average molecular weight is 541 g/mol. The van der Waals surface area contributed by atoms with Crippen LogP contribution in [0, 0.1) is 6.92 Å². The minimum Gasteiger partial charge on any atom is -0.507 e. The summed E-state index contributed by atoms with van der Waals surface area (Å²) in [6.45, 7) is 4.15. The van der Waals surface area contributed by atoms with E-state index in [2.05, 4.69) is 0 Å². The lowest BCUT2D eigenvalue weighted by atomic mass is 10.0. The zero-order valence-electron chi connectivity index (χ0n) is 22.6. The van der Waals surface area contributed by atoms with E-state index in [9.17, 15) is 14.7 Å². The summed E-state index contributed by atoms with van der Waals surface area (Å²) in [5.74, 6) is 2.17. The minimum atomic E-state index is -0.232. The molecule has 2 aromatic heterocycles. The molecule has 8 heteroatoms. The smallest absolute Gasteiger partial charge is 0.235 e. The van der Waals surface area contributed by atoms with Crippen molar-refractivity contribution in [2.75, 3.05) is 20.8 Å². The first-order chi connectivity index (χ1) is 19.3. The van der Waals surface area contributed by atoms with Gasteiger partial charge in [0.05, 0.1) is 19.6 Å². The van der Waals surface area contributed by atoms with Gasteiger partial charge in [-0.15, -0.1) is 0 Å². The van der Waals surface area contributed by atoms with Crippen molar-refractivity contribution in [1.82, 2.24) is 0 Å². The summed E-state index contributed by atoms with van der Waals surface area (Å²) in [4.78, 5) is 24.6. The number of hydrogen-bond acceptors (Lipinski definition) is 8. The Hall–Kier alpha value is -4.98. The molecule has 0 saturated carbocycles. The lowest BCUT2D eigenvalue weighted by Gasteiger charge is -2.11. The fraction of sp³-hybridized carbons (Fsp3) is 0.188. The molecule has 40 heavy (non-hydrogen) atoms. The van der Waals surface area contributed by atoms with Gasteiger partial charge < -0.3 is 28.2 Å². The molecule has 0 radical (unpaired) electrons. The lowest BCUT2D eigenvalue weighted by Crippen LogP contribution is -2.08. The Morgan fingerprint density at radius 3 is 2.40 bits per heavy atom. The summed E-state index contributed by atoms with van der Waals surface area (Å²) in [5.41, 5.74) is 2.85. The summed E-state index contributed by atoms with van der Waals surface area (Å²) < 4.78 is 27.6. The van der Waals surface area contributed by atoms with Gasteiger partial charge in [0, 0.05) is 23.3 Å². The summed E-state index contributed by atoms with van der Waals surface area (Å²) in [6.07, 6.45) is 2.55. The number of phenols is 1. The maximum Gasteiger partial charge on any atom is 0.235 e.